The number of esters is 1. The molecule has 4 heteroatoms. The van der Waals surface area contributed by atoms with Gasteiger partial charge in [0.15, 0.2) is 5.69 Å². The second-order valence-corrected chi connectivity index (χ2v) is 5.53. The number of pyridine rings is 1. The third-order valence-corrected chi connectivity index (χ3v) is 3.97. The molecule has 1 N–H and O–H groups in total. The van der Waals surface area contributed by atoms with Gasteiger partial charge >= 0.3 is 5.97 Å². The van der Waals surface area contributed by atoms with E-state index in [1.807, 2.05) is 0 Å². The van der Waals surface area contributed by atoms with Crippen molar-refractivity contribution < 1.29 is 9.53 Å². The zero-order valence-corrected chi connectivity index (χ0v) is 11.4. The van der Waals surface area contributed by atoms with Crippen molar-refractivity contribution in [2.75, 3.05) is 0 Å². The lowest BCUT2D eigenvalue weighted by atomic mass is 9.99. The number of nitrogens with one attached hydrogen (secondary N) is 1. The molecule has 0 amide bonds. The monoisotopic (exact) mass is 266 g/mol. The minimum atomic E-state index is -0.323. The number of H-pyrrole nitrogens is 1. The Balaban J connectivity index is 2.13. The topological polar surface area (TPSA) is 55.0 Å². The largest absolute Gasteiger partial charge is 0.456 e. The summed E-state index contributed by atoms with van der Waals surface area (Å²) >= 11 is 0. The van der Waals surface area contributed by atoms with Crippen molar-refractivity contribution in [3.8, 4) is 0 Å². The van der Waals surface area contributed by atoms with Gasteiger partial charge in [0.05, 0.1) is 11.7 Å². The minimum Gasteiger partial charge on any atom is -0.456 e. The number of carbonyl (C=O) groups is 1. The van der Waals surface area contributed by atoms with Crippen LogP contribution in [0.2, 0.25) is 0 Å². The first-order valence-electron chi connectivity index (χ1n) is 6.75. The predicted octanol–water partition coefficient (Wildman–Crippen LogP) is 3.51. The summed E-state index contributed by atoms with van der Waals surface area (Å²) < 4.78 is 5.11. The average Bonchev–Trinajstić information content (AvgIpc) is 2.98. The molecule has 2 aromatic heterocycles. The zero-order valence-electron chi connectivity index (χ0n) is 11.4. The predicted molar refractivity (Wildman–Crippen MR) is 76.8 cm³/mol. The minimum absolute atomic E-state index is 0.317. The van der Waals surface area contributed by atoms with Gasteiger partial charge in [-0.2, -0.15) is 0 Å². The number of aromatic nitrogens is 2. The first-order valence-corrected chi connectivity index (χ1v) is 6.75. The van der Waals surface area contributed by atoms with E-state index in [0.29, 0.717) is 18.2 Å². The Hall–Kier alpha value is -2.36. The van der Waals surface area contributed by atoms with Crippen molar-refractivity contribution in [1.82, 2.24) is 9.97 Å². The number of hydrogen-bond acceptors (Lipinski definition) is 3. The molecule has 0 saturated heterocycles. The number of hydrogen-bond donors (Lipinski definition) is 1. The fourth-order valence-electron chi connectivity index (χ4n) is 2.86. The van der Waals surface area contributed by atoms with Crippen molar-refractivity contribution in [2.45, 2.75) is 26.4 Å². The summed E-state index contributed by atoms with van der Waals surface area (Å²) in [7, 11) is 0. The Morgan fingerprint density at radius 2 is 2.15 bits per heavy atom. The fraction of sp³-hybridized carbons (Fsp3) is 0.250. The van der Waals surface area contributed by atoms with Crippen LogP contribution in [0.5, 0.6) is 0 Å². The molecule has 1 aliphatic rings. The van der Waals surface area contributed by atoms with E-state index < -0.39 is 0 Å². The lowest BCUT2D eigenvalue weighted by molar-refractivity contribution is 0.0531. The van der Waals surface area contributed by atoms with Crippen LogP contribution in [0.1, 0.15) is 41.4 Å². The number of rotatable bonds is 1. The first kappa shape index (κ1) is 11.5. The Labute approximate surface area is 115 Å². The van der Waals surface area contributed by atoms with Crippen LogP contribution in [0, 0.1) is 0 Å². The van der Waals surface area contributed by atoms with Crippen LogP contribution >= 0.6 is 0 Å². The molecule has 0 bridgehead atoms. The number of ether oxygens (including phenoxy) is 1. The van der Waals surface area contributed by atoms with Crippen LogP contribution in [-0.4, -0.2) is 15.9 Å². The van der Waals surface area contributed by atoms with Crippen molar-refractivity contribution in [3.05, 3.63) is 41.2 Å². The Morgan fingerprint density at radius 1 is 1.30 bits per heavy atom. The highest BCUT2D eigenvalue weighted by atomic mass is 16.5. The number of aromatic amines is 1. The number of carbonyl (C=O) groups excluding carboxylic acids is 1. The molecule has 100 valence electrons. The molecule has 0 unspecified atom stereocenters. The molecule has 1 aliphatic heterocycles. The fourth-order valence-corrected chi connectivity index (χ4v) is 2.86. The molecular formula is C16H14N2O2. The van der Waals surface area contributed by atoms with Gasteiger partial charge in [-0.25, -0.2) is 9.78 Å². The van der Waals surface area contributed by atoms with Gasteiger partial charge in [-0.3, -0.25) is 0 Å². The molecule has 0 atom stereocenters. The van der Waals surface area contributed by atoms with Gasteiger partial charge in [0.1, 0.15) is 6.61 Å². The van der Waals surface area contributed by atoms with E-state index in [0.717, 1.165) is 27.4 Å². The molecule has 3 heterocycles. The third kappa shape index (κ3) is 1.42. The van der Waals surface area contributed by atoms with Gasteiger partial charge in [-0.05, 0) is 23.6 Å². The molecule has 0 radical (unpaired) electrons. The number of benzene rings is 1. The molecule has 0 aliphatic carbocycles. The highest BCUT2D eigenvalue weighted by Gasteiger charge is 2.26. The van der Waals surface area contributed by atoms with Crippen LogP contribution < -0.4 is 0 Å². The van der Waals surface area contributed by atoms with Gasteiger partial charge < -0.3 is 9.72 Å². The van der Waals surface area contributed by atoms with Crippen LogP contribution in [0.25, 0.3) is 21.8 Å². The molecule has 0 fully saturated rings. The molecule has 20 heavy (non-hydrogen) atoms. The highest BCUT2D eigenvalue weighted by Crippen LogP contribution is 2.34. The quantitative estimate of drug-likeness (QED) is 0.686. The maximum atomic E-state index is 11.6. The van der Waals surface area contributed by atoms with E-state index in [2.05, 4.69) is 42.0 Å². The van der Waals surface area contributed by atoms with E-state index in [9.17, 15) is 4.79 Å². The van der Waals surface area contributed by atoms with Crippen LogP contribution in [0.3, 0.4) is 0 Å². The molecule has 3 aromatic rings. The molecule has 4 rings (SSSR count). The SMILES string of the molecule is CC(C)c1ccc2[nH]c3cnc4c(c3c2c1)COC4=O. The maximum absolute atomic E-state index is 11.6. The van der Waals surface area contributed by atoms with E-state index in [-0.39, 0.29) is 5.97 Å². The Morgan fingerprint density at radius 3 is 2.95 bits per heavy atom. The van der Waals surface area contributed by atoms with Gasteiger partial charge in [0, 0.05) is 21.9 Å². The highest BCUT2D eigenvalue weighted by molar-refractivity contribution is 6.12. The molecule has 1 aromatic carbocycles. The number of fused-ring (bicyclic) bond motifs is 5. The van der Waals surface area contributed by atoms with E-state index in [1.54, 1.807) is 6.20 Å². The second-order valence-electron chi connectivity index (χ2n) is 5.53. The van der Waals surface area contributed by atoms with Crippen molar-refractivity contribution >= 4 is 27.8 Å². The maximum Gasteiger partial charge on any atom is 0.357 e. The Bertz CT molecular complexity index is 862. The first-order chi connectivity index (χ1) is 9.65. The molecule has 0 spiro atoms. The molecule has 0 saturated carbocycles. The van der Waals surface area contributed by atoms with Gasteiger partial charge in [-0.15, -0.1) is 0 Å². The normalized spacial score (nSPS) is 14.2. The lowest BCUT2D eigenvalue weighted by Crippen LogP contribution is -1.96. The van der Waals surface area contributed by atoms with E-state index in [1.165, 1.54) is 5.56 Å². The third-order valence-electron chi connectivity index (χ3n) is 3.97. The number of nitrogens with zero attached hydrogens (tertiary/aromatic N) is 1. The van der Waals surface area contributed by atoms with Crippen LogP contribution in [0.15, 0.2) is 24.4 Å². The summed E-state index contributed by atoms with van der Waals surface area (Å²) in [6, 6.07) is 6.42. The Kier molecular flexibility index (Phi) is 2.19. The lowest BCUT2D eigenvalue weighted by Gasteiger charge is -2.05. The van der Waals surface area contributed by atoms with Crippen LogP contribution in [-0.2, 0) is 11.3 Å². The second kappa shape index (κ2) is 3.82. The summed E-state index contributed by atoms with van der Waals surface area (Å²) in [6.07, 6.45) is 1.72. The molecular weight excluding hydrogens is 252 g/mol. The molecule has 4 nitrogen and oxygen atoms in total. The summed E-state index contributed by atoms with van der Waals surface area (Å²) in [6.45, 7) is 4.67. The van der Waals surface area contributed by atoms with Crippen molar-refractivity contribution in [3.63, 3.8) is 0 Å². The van der Waals surface area contributed by atoms with Crippen molar-refractivity contribution in [2.24, 2.45) is 0 Å². The van der Waals surface area contributed by atoms with Crippen molar-refractivity contribution in [1.29, 1.82) is 0 Å². The smallest absolute Gasteiger partial charge is 0.357 e. The summed E-state index contributed by atoms with van der Waals surface area (Å²) in [4.78, 5) is 19.2. The average molecular weight is 266 g/mol. The standard InChI is InChI=1S/C16H14N2O2/c1-8(2)9-3-4-12-10(5-9)14-11-7-20-16(19)15(11)17-6-13(14)18-12/h3-6,8,18H,7H2,1-2H3. The van der Waals surface area contributed by atoms with Crippen LogP contribution in [0.4, 0.5) is 0 Å². The van der Waals surface area contributed by atoms with Gasteiger partial charge in [0.25, 0.3) is 0 Å². The summed E-state index contributed by atoms with van der Waals surface area (Å²) in [5.41, 5.74) is 4.67. The van der Waals surface area contributed by atoms with Gasteiger partial charge in [0.2, 0.25) is 0 Å². The number of cyclic esters (lactones) is 1. The van der Waals surface area contributed by atoms with E-state index in [4.69, 9.17) is 4.74 Å². The van der Waals surface area contributed by atoms with Gasteiger partial charge in [-0.1, -0.05) is 19.9 Å². The van der Waals surface area contributed by atoms with E-state index >= 15 is 0 Å². The zero-order chi connectivity index (χ0) is 13.9. The summed E-state index contributed by atoms with van der Waals surface area (Å²) in [5, 5.41) is 2.21. The summed E-state index contributed by atoms with van der Waals surface area (Å²) in [5.74, 6) is 0.147.